The number of thioether (sulfide) groups is 1. The van der Waals surface area contributed by atoms with E-state index in [1.54, 1.807) is 6.07 Å². The summed E-state index contributed by atoms with van der Waals surface area (Å²) in [4.78, 5) is 24.5. The molecular weight excluding hydrogens is 424 g/mol. The Morgan fingerprint density at radius 1 is 1.24 bits per heavy atom. The van der Waals surface area contributed by atoms with Gasteiger partial charge in [-0.2, -0.15) is 8.78 Å². The number of aromatic nitrogens is 3. The van der Waals surface area contributed by atoms with Crippen molar-refractivity contribution >= 4 is 40.6 Å². The molecule has 0 aliphatic rings. The first-order chi connectivity index (χ1) is 13.9. The molecule has 2 amide bonds. The van der Waals surface area contributed by atoms with Gasteiger partial charge in [0, 0.05) is 0 Å². The molecule has 0 radical (unpaired) electrons. The minimum Gasteiger partial charge on any atom is -0.433 e. The lowest BCUT2D eigenvalue weighted by Gasteiger charge is -2.11. The van der Waals surface area contributed by atoms with Gasteiger partial charge in [-0.1, -0.05) is 30.0 Å². The fourth-order valence-corrected chi connectivity index (χ4v) is 3.82. The summed E-state index contributed by atoms with van der Waals surface area (Å²) >= 11 is 2.46. The van der Waals surface area contributed by atoms with Crippen molar-refractivity contribution in [2.45, 2.75) is 18.3 Å². The van der Waals surface area contributed by atoms with Gasteiger partial charge in [-0.05, 0) is 23.6 Å². The maximum Gasteiger partial charge on any atom is 0.387 e. The lowest BCUT2D eigenvalue weighted by atomic mass is 10.3. The normalized spacial score (nSPS) is 10.9. The Morgan fingerprint density at radius 2 is 2.03 bits per heavy atom. The van der Waals surface area contributed by atoms with Crippen molar-refractivity contribution in [3.05, 3.63) is 41.8 Å². The third-order valence-corrected chi connectivity index (χ3v) is 5.31. The second-order valence-corrected chi connectivity index (χ2v) is 7.44. The number of ether oxygens (including phenoxy) is 1. The molecule has 8 nitrogen and oxygen atoms in total. The Kier molecular flexibility index (Phi) is 6.77. The highest BCUT2D eigenvalue weighted by molar-refractivity contribution is 7.99. The van der Waals surface area contributed by atoms with Crippen LogP contribution in [0, 0.1) is 0 Å². The monoisotopic (exact) mass is 439 g/mol. The van der Waals surface area contributed by atoms with E-state index >= 15 is 0 Å². The fraction of sp³-hybridized carbons (Fsp3) is 0.176. The van der Waals surface area contributed by atoms with Crippen molar-refractivity contribution in [2.24, 2.45) is 5.73 Å². The lowest BCUT2D eigenvalue weighted by Crippen LogP contribution is -2.20. The van der Waals surface area contributed by atoms with Crippen molar-refractivity contribution in [3.8, 4) is 16.5 Å². The number of primary amides is 1. The Labute approximate surface area is 172 Å². The van der Waals surface area contributed by atoms with E-state index in [4.69, 9.17) is 5.73 Å². The van der Waals surface area contributed by atoms with E-state index in [9.17, 15) is 18.4 Å². The largest absolute Gasteiger partial charge is 0.433 e. The molecule has 2 heterocycles. The number of nitrogens with one attached hydrogen (secondary N) is 1. The molecule has 0 fully saturated rings. The number of rotatable bonds is 9. The van der Waals surface area contributed by atoms with E-state index in [1.165, 1.54) is 34.1 Å². The van der Waals surface area contributed by atoms with E-state index < -0.39 is 18.4 Å². The topological polar surface area (TPSA) is 112 Å². The maximum atomic E-state index is 12.5. The number of benzene rings is 1. The number of nitrogens with zero attached hydrogens (tertiary/aromatic N) is 3. The number of anilines is 1. The highest BCUT2D eigenvalue weighted by Crippen LogP contribution is 2.28. The molecule has 0 atom stereocenters. The number of halogens is 2. The van der Waals surface area contributed by atoms with E-state index in [0.717, 1.165) is 16.6 Å². The number of hydrogen-bond donors (Lipinski definition) is 2. The Morgan fingerprint density at radius 3 is 2.72 bits per heavy atom. The van der Waals surface area contributed by atoms with Gasteiger partial charge in [0.25, 0.3) is 0 Å². The van der Waals surface area contributed by atoms with E-state index in [2.05, 4.69) is 20.3 Å². The minimum atomic E-state index is -3.01. The Hall–Kier alpha value is -2.99. The highest BCUT2D eigenvalue weighted by atomic mass is 32.2. The number of alkyl halides is 2. The molecule has 0 aliphatic carbocycles. The number of amides is 2. The van der Waals surface area contributed by atoms with Crippen molar-refractivity contribution in [2.75, 3.05) is 11.1 Å². The van der Waals surface area contributed by atoms with Crippen LogP contribution >= 0.6 is 23.1 Å². The van der Waals surface area contributed by atoms with Gasteiger partial charge in [-0.15, -0.1) is 21.5 Å². The fourth-order valence-electron chi connectivity index (χ4n) is 2.37. The Balaban J connectivity index is 1.70. The van der Waals surface area contributed by atoms with Crippen LogP contribution in [0.2, 0.25) is 0 Å². The predicted octanol–water partition coefficient (Wildman–Crippen LogP) is 2.82. The predicted molar refractivity (Wildman–Crippen MR) is 105 cm³/mol. The van der Waals surface area contributed by atoms with E-state index in [-0.39, 0.29) is 23.7 Å². The van der Waals surface area contributed by atoms with Gasteiger partial charge in [-0.3, -0.25) is 14.2 Å². The van der Waals surface area contributed by atoms with Crippen LogP contribution in [0.25, 0.3) is 10.7 Å². The summed E-state index contributed by atoms with van der Waals surface area (Å²) in [5.41, 5.74) is 5.44. The van der Waals surface area contributed by atoms with Gasteiger partial charge >= 0.3 is 6.61 Å². The zero-order valence-electron chi connectivity index (χ0n) is 14.7. The minimum absolute atomic E-state index is 0.0929. The average Bonchev–Trinajstić information content (AvgIpc) is 3.31. The first-order valence-corrected chi connectivity index (χ1v) is 10.0. The molecule has 0 saturated heterocycles. The third-order valence-electron chi connectivity index (χ3n) is 3.48. The molecule has 0 unspecified atom stereocenters. The van der Waals surface area contributed by atoms with E-state index in [1.807, 2.05) is 17.5 Å². The summed E-state index contributed by atoms with van der Waals surface area (Å²) in [7, 11) is 0. The molecule has 1 aromatic carbocycles. The van der Waals surface area contributed by atoms with Crippen LogP contribution in [0.3, 0.4) is 0 Å². The van der Waals surface area contributed by atoms with Crippen LogP contribution in [-0.2, 0) is 16.1 Å². The molecule has 0 spiro atoms. The van der Waals surface area contributed by atoms with Crippen molar-refractivity contribution < 1.29 is 23.1 Å². The SMILES string of the molecule is NC(=O)Cn1c(SCC(=O)Nc2ccccc2OC(F)F)nnc1-c1cccs1. The van der Waals surface area contributed by atoms with Gasteiger partial charge in [-0.25, -0.2) is 0 Å². The van der Waals surface area contributed by atoms with Crippen LogP contribution in [-0.4, -0.2) is 38.9 Å². The van der Waals surface area contributed by atoms with Gasteiger partial charge < -0.3 is 15.8 Å². The summed E-state index contributed by atoms with van der Waals surface area (Å²) in [5, 5.41) is 12.8. The molecule has 12 heteroatoms. The average molecular weight is 439 g/mol. The molecule has 152 valence electrons. The first kappa shape index (κ1) is 20.7. The van der Waals surface area contributed by atoms with Crippen LogP contribution in [0.5, 0.6) is 5.75 Å². The quantitative estimate of drug-likeness (QED) is 0.496. The molecule has 2 aromatic heterocycles. The number of para-hydroxylation sites is 2. The smallest absolute Gasteiger partial charge is 0.387 e. The lowest BCUT2D eigenvalue weighted by molar-refractivity contribution is -0.118. The number of hydrogen-bond acceptors (Lipinski definition) is 7. The number of carbonyl (C=O) groups excluding carboxylic acids is 2. The summed E-state index contributed by atoms with van der Waals surface area (Å²) in [6, 6.07) is 9.53. The second kappa shape index (κ2) is 9.47. The number of nitrogens with two attached hydrogens (primary N) is 1. The second-order valence-electron chi connectivity index (χ2n) is 5.55. The molecule has 29 heavy (non-hydrogen) atoms. The summed E-state index contributed by atoms with van der Waals surface area (Å²) < 4.78 is 30.9. The van der Waals surface area contributed by atoms with Gasteiger partial charge in [0.1, 0.15) is 12.3 Å². The van der Waals surface area contributed by atoms with Crippen LogP contribution < -0.4 is 15.8 Å². The van der Waals surface area contributed by atoms with Gasteiger partial charge in [0.2, 0.25) is 11.8 Å². The molecule has 0 bridgehead atoms. The summed E-state index contributed by atoms with van der Waals surface area (Å²) in [6.07, 6.45) is 0. The zero-order valence-corrected chi connectivity index (χ0v) is 16.4. The number of carbonyl (C=O) groups is 2. The summed E-state index contributed by atoms with van der Waals surface area (Å²) in [6.45, 7) is -3.15. The molecule has 3 N–H and O–H groups in total. The van der Waals surface area contributed by atoms with Crippen LogP contribution in [0.1, 0.15) is 0 Å². The number of thiophene rings is 1. The highest BCUT2D eigenvalue weighted by Gasteiger charge is 2.18. The van der Waals surface area contributed by atoms with Crippen LogP contribution in [0.4, 0.5) is 14.5 Å². The van der Waals surface area contributed by atoms with Gasteiger partial charge in [0.15, 0.2) is 11.0 Å². The Bertz CT molecular complexity index is 995. The van der Waals surface area contributed by atoms with E-state index in [0.29, 0.717) is 11.0 Å². The molecule has 3 aromatic rings. The third kappa shape index (κ3) is 5.51. The van der Waals surface area contributed by atoms with Crippen molar-refractivity contribution in [1.29, 1.82) is 0 Å². The van der Waals surface area contributed by atoms with Crippen molar-refractivity contribution in [1.82, 2.24) is 14.8 Å². The zero-order chi connectivity index (χ0) is 20.8. The van der Waals surface area contributed by atoms with Crippen LogP contribution in [0.15, 0.2) is 46.9 Å². The molecule has 0 aliphatic heterocycles. The first-order valence-electron chi connectivity index (χ1n) is 8.16. The summed E-state index contributed by atoms with van der Waals surface area (Å²) in [5.74, 6) is -0.807. The standard InChI is InChI=1S/C17H15F2N5O3S2/c18-16(19)27-11-5-2-1-4-10(11)21-14(26)9-29-17-23-22-15(12-6-3-7-28-12)24(17)8-13(20)25/h1-7,16H,8-9H2,(H2,20,25)(H,21,26). The molecule has 3 rings (SSSR count). The molecular formula is C17H15F2N5O3S2. The van der Waals surface area contributed by atoms with Gasteiger partial charge in [0.05, 0.1) is 16.3 Å². The molecule has 0 saturated carbocycles. The van der Waals surface area contributed by atoms with Crippen molar-refractivity contribution in [3.63, 3.8) is 0 Å². The maximum absolute atomic E-state index is 12.5.